The van der Waals surface area contributed by atoms with E-state index in [1.54, 1.807) is 48.5 Å². The lowest BCUT2D eigenvalue weighted by Gasteiger charge is -2.24. The summed E-state index contributed by atoms with van der Waals surface area (Å²) in [5, 5.41) is 6.47. The Hall–Kier alpha value is -4.78. The van der Waals surface area contributed by atoms with Crippen LogP contribution in [0.3, 0.4) is 0 Å². The zero-order valence-corrected chi connectivity index (χ0v) is 28.6. The number of nitrogens with zero attached hydrogens (tertiary/aromatic N) is 3. The van der Waals surface area contributed by atoms with Crippen LogP contribution in [0.5, 0.6) is 17.2 Å². The van der Waals surface area contributed by atoms with Gasteiger partial charge in [0.25, 0.3) is 11.8 Å². The number of rotatable bonds is 4. The predicted molar refractivity (Wildman–Crippen MR) is 184 cm³/mol. The van der Waals surface area contributed by atoms with E-state index in [1.807, 2.05) is 23.3 Å². The number of fused-ring (bicyclic) bond motifs is 7. The first kappa shape index (κ1) is 34.1. The fraction of sp³-hybridized carbons (Fsp3) is 0.417. The van der Waals surface area contributed by atoms with Crippen molar-refractivity contribution in [3.05, 3.63) is 65.4 Å². The van der Waals surface area contributed by atoms with Gasteiger partial charge >= 0.3 is 0 Å². The number of hydrogen-bond acceptors (Lipinski definition) is 9. The lowest BCUT2D eigenvalue weighted by molar-refractivity contribution is -0.135. The number of carbonyl (C=O) groups excluding carboxylic acids is 4. The molecule has 1 fully saturated rings. The first-order valence-electron chi connectivity index (χ1n) is 16.6. The Morgan fingerprint density at radius 2 is 1.84 bits per heavy atom. The van der Waals surface area contributed by atoms with Crippen LogP contribution < -0.4 is 24.8 Å². The van der Waals surface area contributed by atoms with Crippen LogP contribution in [-0.2, 0) is 16.1 Å². The van der Waals surface area contributed by atoms with Gasteiger partial charge in [0.05, 0.1) is 25.8 Å². The van der Waals surface area contributed by atoms with Crippen LogP contribution in [0.4, 0.5) is 0 Å². The van der Waals surface area contributed by atoms with Crippen LogP contribution in [0.25, 0.3) is 11.1 Å². The van der Waals surface area contributed by atoms with Gasteiger partial charge in [-0.2, -0.15) is 0 Å². The summed E-state index contributed by atoms with van der Waals surface area (Å²) in [6.45, 7) is 2.58. The third-order valence-electron chi connectivity index (χ3n) is 8.93. The number of aromatic nitrogens is 1. The highest BCUT2D eigenvalue weighted by molar-refractivity contribution is 7.98. The van der Waals surface area contributed by atoms with Gasteiger partial charge in [-0.05, 0) is 80.0 Å². The number of pyridine rings is 1. The molecular formula is C36H41N5O7S. The van der Waals surface area contributed by atoms with Gasteiger partial charge in [-0.3, -0.25) is 19.2 Å². The fourth-order valence-corrected chi connectivity index (χ4v) is 6.94. The zero-order chi connectivity index (χ0) is 34.3. The Labute approximate surface area is 289 Å². The molecule has 4 amide bonds. The Kier molecular flexibility index (Phi) is 10.9. The van der Waals surface area contributed by atoms with Crippen molar-refractivity contribution in [1.82, 2.24) is 25.4 Å². The molecule has 1 aromatic heterocycles. The molecule has 3 aromatic rings. The second kappa shape index (κ2) is 15.6. The molecule has 6 rings (SSSR count). The Balaban J connectivity index is 1.33. The van der Waals surface area contributed by atoms with Crippen LogP contribution in [0, 0.1) is 0 Å². The molecule has 3 aliphatic rings. The molecule has 0 spiro atoms. The summed E-state index contributed by atoms with van der Waals surface area (Å²) in [5.41, 5.74) is 3.19. The number of benzene rings is 2. The van der Waals surface area contributed by atoms with Crippen LogP contribution in [0.1, 0.15) is 58.4 Å². The molecule has 2 aromatic carbocycles. The summed E-state index contributed by atoms with van der Waals surface area (Å²) < 4.78 is 18.4. The lowest BCUT2D eigenvalue weighted by atomic mass is 9.98. The summed E-state index contributed by atoms with van der Waals surface area (Å²) in [4.78, 5) is 60.2. The minimum absolute atomic E-state index is 0.0927. The summed E-state index contributed by atoms with van der Waals surface area (Å²) >= 11 is 1.43. The van der Waals surface area contributed by atoms with E-state index in [9.17, 15) is 19.2 Å². The second-order valence-corrected chi connectivity index (χ2v) is 13.0. The Bertz CT molecular complexity index is 1730. The first-order valence-corrected chi connectivity index (χ1v) is 17.8. The van der Waals surface area contributed by atoms with Gasteiger partial charge in [-0.25, -0.2) is 4.98 Å². The molecule has 0 aliphatic carbocycles. The van der Waals surface area contributed by atoms with E-state index >= 15 is 0 Å². The topological polar surface area (TPSA) is 139 Å². The normalized spacial score (nSPS) is 18.5. The smallest absolute Gasteiger partial charge is 0.256 e. The van der Waals surface area contributed by atoms with Crippen molar-refractivity contribution in [2.45, 2.75) is 49.7 Å². The molecule has 4 bridgehead atoms. The largest absolute Gasteiger partial charge is 0.496 e. The number of thioether (sulfide) groups is 1. The van der Waals surface area contributed by atoms with Gasteiger partial charge in [0, 0.05) is 55.5 Å². The number of carbonyl (C=O) groups is 4. The van der Waals surface area contributed by atoms with Crippen LogP contribution >= 0.6 is 11.8 Å². The van der Waals surface area contributed by atoms with E-state index in [2.05, 4.69) is 15.6 Å². The van der Waals surface area contributed by atoms with Crippen molar-refractivity contribution in [3.63, 3.8) is 0 Å². The molecule has 4 heterocycles. The van der Waals surface area contributed by atoms with Crippen LogP contribution in [0.2, 0.25) is 0 Å². The quantitative estimate of drug-likeness (QED) is 0.391. The number of ether oxygens (including phenoxy) is 3. The minimum Gasteiger partial charge on any atom is -0.496 e. The van der Waals surface area contributed by atoms with Crippen molar-refractivity contribution in [1.29, 1.82) is 0 Å². The average molecular weight is 688 g/mol. The maximum Gasteiger partial charge on any atom is 0.256 e. The third-order valence-corrected chi connectivity index (χ3v) is 9.64. The van der Waals surface area contributed by atoms with E-state index in [0.29, 0.717) is 104 Å². The van der Waals surface area contributed by atoms with Crippen molar-refractivity contribution >= 4 is 35.4 Å². The molecule has 49 heavy (non-hydrogen) atoms. The maximum atomic E-state index is 13.7. The monoisotopic (exact) mass is 687 g/mol. The minimum atomic E-state index is -0.560. The Morgan fingerprint density at radius 1 is 0.980 bits per heavy atom. The zero-order valence-electron chi connectivity index (χ0n) is 27.8. The third kappa shape index (κ3) is 7.77. The molecule has 12 nitrogen and oxygen atoms in total. The second-order valence-electron chi connectivity index (χ2n) is 12.2. The molecule has 0 radical (unpaired) electrons. The van der Waals surface area contributed by atoms with E-state index in [1.165, 1.54) is 11.8 Å². The first-order chi connectivity index (χ1) is 23.9. The van der Waals surface area contributed by atoms with Gasteiger partial charge in [0.1, 0.15) is 23.4 Å². The molecule has 1 atom stereocenters. The molecule has 0 saturated carbocycles. The maximum absolute atomic E-state index is 13.7. The van der Waals surface area contributed by atoms with Gasteiger partial charge in [-0.1, -0.05) is 0 Å². The van der Waals surface area contributed by atoms with Crippen molar-refractivity contribution in [2.75, 3.05) is 52.8 Å². The molecular weight excluding hydrogens is 646 g/mol. The van der Waals surface area contributed by atoms with E-state index in [0.717, 1.165) is 11.1 Å². The lowest BCUT2D eigenvalue weighted by Crippen LogP contribution is -2.44. The van der Waals surface area contributed by atoms with Crippen molar-refractivity contribution in [3.8, 4) is 28.4 Å². The van der Waals surface area contributed by atoms with Crippen molar-refractivity contribution in [2.24, 2.45) is 0 Å². The molecule has 258 valence electrons. The predicted octanol–water partition coefficient (Wildman–Crippen LogP) is 3.91. The number of methoxy groups -OCH3 is 1. The van der Waals surface area contributed by atoms with Crippen LogP contribution in [-0.4, -0.2) is 97.2 Å². The van der Waals surface area contributed by atoms with Crippen LogP contribution in [0.15, 0.2) is 53.7 Å². The summed E-state index contributed by atoms with van der Waals surface area (Å²) in [5.74, 6) is 1.02. The highest BCUT2D eigenvalue weighted by atomic mass is 32.2. The molecule has 13 heteroatoms. The fourth-order valence-electron chi connectivity index (χ4n) is 6.40. The SMILES string of the molecule is COc1ccc2cc1-c1cc3c(c(c1)OCCCN(C(=O)c1cccnc1SC)CCCCNC2=O)OCCN(C(=O)C1CCC(=O)N1)C3. The summed E-state index contributed by atoms with van der Waals surface area (Å²) in [6.07, 6.45) is 6.33. The van der Waals surface area contributed by atoms with Gasteiger partial charge in [-0.15, -0.1) is 11.8 Å². The number of hydrogen-bond donors (Lipinski definition) is 2. The van der Waals surface area contributed by atoms with E-state index in [-0.39, 0.29) is 36.8 Å². The van der Waals surface area contributed by atoms with E-state index in [4.69, 9.17) is 14.2 Å². The van der Waals surface area contributed by atoms with Crippen molar-refractivity contribution < 1.29 is 33.4 Å². The summed E-state index contributed by atoms with van der Waals surface area (Å²) in [7, 11) is 1.58. The van der Waals surface area contributed by atoms with Gasteiger partial charge in [0.15, 0.2) is 11.5 Å². The number of nitrogens with one attached hydrogen (secondary N) is 2. The standard InChI is InChI=1S/C36H41N5O7S/c1-46-29-10-8-23-20-27(29)24-19-25-22-41(36(45)28-9-11-31(42)39-28)16-18-48-32(25)30(21-24)47-17-6-15-40(14-4-3-12-37-33(23)43)35(44)26-7-5-13-38-34(26)49-2/h5,7-8,10,13,19-21,28H,3-4,6,9,11-12,14-18,22H2,1-2H3,(H,37,43)(H,39,42). The summed E-state index contributed by atoms with van der Waals surface area (Å²) in [6, 6.07) is 12.1. The highest BCUT2D eigenvalue weighted by Gasteiger charge is 2.33. The number of amides is 4. The molecule has 3 aliphatic heterocycles. The molecule has 1 saturated heterocycles. The van der Waals surface area contributed by atoms with Gasteiger partial charge in [0.2, 0.25) is 11.8 Å². The van der Waals surface area contributed by atoms with E-state index < -0.39 is 6.04 Å². The molecule has 2 N–H and O–H groups in total. The average Bonchev–Trinajstić information content (AvgIpc) is 3.44. The molecule has 1 unspecified atom stereocenters. The Morgan fingerprint density at radius 3 is 2.63 bits per heavy atom. The van der Waals surface area contributed by atoms with Gasteiger partial charge < -0.3 is 34.6 Å². The highest BCUT2D eigenvalue weighted by Crippen LogP contribution is 2.41.